The Balaban J connectivity index is 3.47. The van der Waals surface area contributed by atoms with Gasteiger partial charge in [-0.05, 0) is 43.0 Å². The summed E-state index contributed by atoms with van der Waals surface area (Å²) in [5.74, 6) is 0. The van der Waals surface area contributed by atoms with Crippen molar-refractivity contribution in [1.29, 1.82) is 0 Å². The first kappa shape index (κ1) is 13.2. The van der Waals surface area contributed by atoms with Crippen LogP contribution >= 0.6 is 0 Å². The van der Waals surface area contributed by atoms with Crippen LogP contribution in [0, 0.1) is 6.92 Å². The molecule has 1 aromatic rings. The average molecular weight is 224 g/mol. The standard InChI is InChI=1S/C17H20/c1-5-8-11-16-14(4)12-13-15(9-6-2)17(16)10-7-3/h5-13H,1H2,2-4H3/b9-6-,10-7-,11-8-. The van der Waals surface area contributed by atoms with Gasteiger partial charge in [-0.25, -0.2) is 0 Å². The molecule has 0 saturated carbocycles. The Bertz CT molecular complexity index is 471. The van der Waals surface area contributed by atoms with Crippen LogP contribution in [0.25, 0.3) is 18.2 Å². The van der Waals surface area contributed by atoms with Gasteiger partial charge < -0.3 is 0 Å². The Labute approximate surface area is 105 Å². The Hall–Kier alpha value is -1.82. The first-order chi connectivity index (χ1) is 8.24. The SMILES string of the molecule is C=C/C=C\c1c(C)ccc(/C=C\C)c1/C=C\C. The lowest BCUT2D eigenvalue weighted by Gasteiger charge is -2.09. The summed E-state index contributed by atoms with van der Waals surface area (Å²) in [4.78, 5) is 0. The van der Waals surface area contributed by atoms with Gasteiger partial charge in [0.1, 0.15) is 0 Å². The Kier molecular flexibility index (Phi) is 5.22. The van der Waals surface area contributed by atoms with Gasteiger partial charge in [0.25, 0.3) is 0 Å². The first-order valence-corrected chi connectivity index (χ1v) is 5.92. The third-order valence-electron chi connectivity index (χ3n) is 2.62. The van der Waals surface area contributed by atoms with Crippen molar-refractivity contribution < 1.29 is 0 Å². The Morgan fingerprint density at radius 3 is 2.24 bits per heavy atom. The summed E-state index contributed by atoms with van der Waals surface area (Å²) in [5, 5.41) is 0. The van der Waals surface area contributed by atoms with E-state index in [0.717, 1.165) is 0 Å². The van der Waals surface area contributed by atoms with E-state index in [9.17, 15) is 0 Å². The van der Waals surface area contributed by atoms with Gasteiger partial charge in [0.2, 0.25) is 0 Å². The normalized spacial score (nSPS) is 11.9. The number of benzene rings is 1. The highest BCUT2D eigenvalue weighted by molar-refractivity contribution is 5.76. The van der Waals surface area contributed by atoms with Crippen molar-refractivity contribution in [2.75, 3.05) is 0 Å². The van der Waals surface area contributed by atoms with Crippen LogP contribution in [0.5, 0.6) is 0 Å². The number of allylic oxidation sites excluding steroid dienone is 4. The van der Waals surface area contributed by atoms with Gasteiger partial charge in [0, 0.05) is 0 Å². The van der Waals surface area contributed by atoms with Gasteiger partial charge in [-0.1, -0.05) is 61.2 Å². The van der Waals surface area contributed by atoms with E-state index in [0.29, 0.717) is 0 Å². The third kappa shape index (κ3) is 3.32. The molecular formula is C17H20. The molecule has 0 atom stereocenters. The zero-order valence-electron chi connectivity index (χ0n) is 10.9. The van der Waals surface area contributed by atoms with Crippen molar-refractivity contribution in [3.63, 3.8) is 0 Å². The molecule has 88 valence electrons. The van der Waals surface area contributed by atoms with Crippen LogP contribution in [0.4, 0.5) is 0 Å². The Morgan fingerprint density at radius 2 is 1.65 bits per heavy atom. The lowest BCUT2D eigenvalue weighted by molar-refractivity contribution is 1.41. The predicted molar refractivity (Wildman–Crippen MR) is 79.8 cm³/mol. The highest BCUT2D eigenvalue weighted by Crippen LogP contribution is 2.23. The summed E-state index contributed by atoms with van der Waals surface area (Å²) >= 11 is 0. The smallest absolute Gasteiger partial charge is 0.0112 e. The monoisotopic (exact) mass is 224 g/mol. The van der Waals surface area contributed by atoms with E-state index in [2.05, 4.69) is 56.0 Å². The van der Waals surface area contributed by atoms with Crippen molar-refractivity contribution >= 4 is 18.2 Å². The van der Waals surface area contributed by atoms with Crippen LogP contribution in [-0.4, -0.2) is 0 Å². The first-order valence-electron chi connectivity index (χ1n) is 5.92. The van der Waals surface area contributed by atoms with Gasteiger partial charge >= 0.3 is 0 Å². The fraction of sp³-hybridized carbons (Fsp3) is 0.176. The fourth-order valence-corrected chi connectivity index (χ4v) is 1.83. The molecule has 0 amide bonds. The molecule has 1 rings (SSSR count). The van der Waals surface area contributed by atoms with Crippen LogP contribution < -0.4 is 0 Å². The number of hydrogen-bond donors (Lipinski definition) is 0. The molecule has 0 aliphatic carbocycles. The average Bonchev–Trinajstić information content (AvgIpc) is 2.32. The molecule has 0 fully saturated rings. The molecule has 0 heteroatoms. The molecule has 0 saturated heterocycles. The summed E-state index contributed by atoms with van der Waals surface area (Å²) in [6.07, 6.45) is 14.3. The van der Waals surface area contributed by atoms with Gasteiger partial charge in [0.15, 0.2) is 0 Å². The van der Waals surface area contributed by atoms with Gasteiger partial charge in [-0.15, -0.1) is 0 Å². The fourth-order valence-electron chi connectivity index (χ4n) is 1.83. The highest BCUT2D eigenvalue weighted by Gasteiger charge is 2.04. The lowest BCUT2D eigenvalue weighted by atomic mass is 9.95. The van der Waals surface area contributed by atoms with Crippen LogP contribution in [-0.2, 0) is 0 Å². The van der Waals surface area contributed by atoms with Crippen LogP contribution in [0.15, 0.2) is 43.0 Å². The topological polar surface area (TPSA) is 0 Å². The number of hydrogen-bond acceptors (Lipinski definition) is 0. The van der Waals surface area contributed by atoms with Crippen molar-refractivity contribution in [2.45, 2.75) is 20.8 Å². The molecule has 0 bridgehead atoms. The van der Waals surface area contributed by atoms with Crippen LogP contribution in [0.1, 0.15) is 36.1 Å². The zero-order valence-corrected chi connectivity index (χ0v) is 10.9. The van der Waals surface area contributed by atoms with Crippen LogP contribution in [0.2, 0.25) is 0 Å². The number of rotatable bonds is 4. The molecule has 17 heavy (non-hydrogen) atoms. The summed E-state index contributed by atoms with van der Waals surface area (Å²) in [7, 11) is 0. The summed E-state index contributed by atoms with van der Waals surface area (Å²) in [5.41, 5.74) is 5.06. The van der Waals surface area contributed by atoms with E-state index in [1.54, 1.807) is 6.08 Å². The predicted octanol–water partition coefficient (Wildman–Crippen LogP) is 5.26. The van der Waals surface area contributed by atoms with E-state index in [4.69, 9.17) is 0 Å². The minimum absolute atomic E-state index is 1.25. The van der Waals surface area contributed by atoms with Crippen molar-refractivity contribution in [3.8, 4) is 0 Å². The third-order valence-corrected chi connectivity index (χ3v) is 2.62. The Morgan fingerprint density at radius 1 is 0.941 bits per heavy atom. The second-order valence-electron chi connectivity index (χ2n) is 3.89. The molecule has 0 heterocycles. The molecule has 1 aromatic carbocycles. The summed E-state index contributed by atoms with van der Waals surface area (Å²) < 4.78 is 0. The molecule has 0 unspecified atom stereocenters. The molecule has 0 aliphatic rings. The molecular weight excluding hydrogens is 204 g/mol. The molecule has 0 aliphatic heterocycles. The van der Waals surface area contributed by atoms with Crippen molar-refractivity contribution in [1.82, 2.24) is 0 Å². The van der Waals surface area contributed by atoms with E-state index < -0.39 is 0 Å². The van der Waals surface area contributed by atoms with E-state index >= 15 is 0 Å². The number of aryl methyl sites for hydroxylation is 1. The van der Waals surface area contributed by atoms with Crippen molar-refractivity contribution in [2.24, 2.45) is 0 Å². The second-order valence-corrected chi connectivity index (χ2v) is 3.89. The lowest BCUT2D eigenvalue weighted by Crippen LogP contribution is -1.90. The van der Waals surface area contributed by atoms with E-state index in [-0.39, 0.29) is 0 Å². The largest absolute Gasteiger partial charge is 0.0991 e. The maximum atomic E-state index is 3.72. The molecule has 0 radical (unpaired) electrons. The zero-order chi connectivity index (χ0) is 12.7. The minimum atomic E-state index is 1.25. The molecule has 0 nitrogen and oxygen atoms in total. The van der Waals surface area contributed by atoms with Gasteiger partial charge in [0.05, 0.1) is 0 Å². The maximum absolute atomic E-state index is 3.72. The molecule has 0 spiro atoms. The van der Waals surface area contributed by atoms with E-state index in [1.807, 2.05) is 19.9 Å². The van der Waals surface area contributed by atoms with Gasteiger partial charge in [-0.3, -0.25) is 0 Å². The maximum Gasteiger partial charge on any atom is -0.0112 e. The second kappa shape index (κ2) is 6.70. The quantitative estimate of drug-likeness (QED) is 0.612. The van der Waals surface area contributed by atoms with Gasteiger partial charge in [-0.2, -0.15) is 0 Å². The highest BCUT2D eigenvalue weighted by atomic mass is 14.1. The van der Waals surface area contributed by atoms with Crippen molar-refractivity contribution in [3.05, 3.63) is 65.3 Å². The summed E-state index contributed by atoms with van der Waals surface area (Å²) in [6, 6.07) is 4.32. The van der Waals surface area contributed by atoms with E-state index in [1.165, 1.54) is 22.3 Å². The molecule has 0 aromatic heterocycles. The summed E-state index contributed by atoms with van der Waals surface area (Å²) in [6.45, 7) is 9.94. The van der Waals surface area contributed by atoms with Crippen LogP contribution in [0.3, 0.4) is 0 Å². The minimum Gasteiger partial charge on any atom is -0.0991 e. The molecule has 0 N–H and O–H groups in total.